The van der Waals surface area contributed by atoms with Crippen molar-refractivity contribution in [3.8, 4) is 5.75 Å². The lowest BCUT2D eigenvalue weighted by atomic mass is 10.0. The second kappa shape index (κ2) is 20.5. The smallest absolute Gasteiger partial charge is 0.323 e. The Kier molecular flexibility index (Phi) is 15.8. The number of aliphatic carboxylic acids is 1. The lowest BCUT2D eigenvalue weighted by Gasteiger charge is -2.19. The number of hydrogen-bond donors (Lipinski definition) is 5. The fourth-order valence-corrected chi connectivity index (χ4v) is 8.00. The molecule has 2 amide bonds. The first kappa shape index (κ1) is 44.0. The highest BCUT2D eigenvalue weighted by Gasteiger charge is 2.29. The Balaban J connectivity index is 1.28. The van der Waals surface area contributed by atoms with Crippen molar-refractivity contribution >= 4 is 50.3 Å². The van der Waals surface area contributed by atoms with Crippen LogP contribution in [0.5, 0.6) is 5.75 Å². The van der Waals surface area contributed by atoms with Gasteiger partial charge >= 0.3 is 5.97 Å². The number of aromatic amines is 1. The highest BCUT2D eigenvalue weighted by Crippen LogP contribution is 2.26. The lowest BCUT2D eigenvalue weighted by molar-refractivity contribution is -0.138. The molecule has 0 bridgehead atoms. The van der Waals surface area contributed by atoms with Gasteiger partial charge in [-0.1, -0.05) is 6.07 Å². The van der Waals surface area contributed by atoms with Gasteiger partial charge in [0.25, 0.3) is 5.91 Å². The number of ether oxygens (including phenoxy) is 1. The Morgan fingerprint density at radius 2 is 1.67 bits per heavy atom. The van der Waals surface area contributed by atoms with Crippen LogP contribution >= 0.6 is 0 Å². The fourth-order valence-electron chi connectivity index (χ4n) is 6.36. The number of hydrogen-bond acceptors (Lipinski definition) is 10. The van der Waals surface area contributed by atoms with Crippen molar-refractivity contribution in [2.75, 3.05) is 19.7 Å². The van der Waals surface area contributed by atoms with Gasteiger partial charge in [-0.2, -0.15) is 4.72 Å². The number of carbonyl (C=O) groups is 5. The topological polar surface area (TPSA) is 236 Å². The van der Waals surface area contributed by atoms with E-state index in [1.54, 1.807) is 36.1 Å². The first-order valence-electron chi connectivity index (χ1n) is 18.7. The van der Waals surface area contributed by atoms with E-state index in [1.165, 1.54) is 39.1 Å². The summed E-state index contributed by atoms with van der Waals surface area (Å²) < 4.78 is 36.5. The molecule has 16 nitrogen and oxygen atoms in total. The zero-order valence-electron chi connectivity index (χ0n) is 32.6. The van der Waals surface area contributed by atoms with E-state index < -0.39 is 39.9 Å². The molecule has 5 N–H and O–H groups in total. The Morgan fingerprint density at radius 3 is 2.33 bits per heavy atom. The van der Waals surface area contributed by atoms with Gasteiger partial charge in [0.2, 0.25) is 21.4 Å². The molecular formula is C40H50N6O10S. The number of carboxylic acids is 1. The molecule has 4 rings (SSSR count). The first-order chi connectivity index (χ1) is 27.0. The van der Waals surface area contributed by atoms with Crippen LogP contribution in [0, 0.1) is 13.8 Å². The molecule has 0 aliphatic heterocycles. The van der Waals surface area contributed by atoms with Crippen molar-refractivity contribution in [1.29, 1.82) is 0 Å². The van der Waals surface area contributed by atoms with Gasteiger partial charge in [0, 0.05) is 76.2 Å². The molecule has 17 heteroatoms. The fraction of sp³-hybridized carbons (Fsp3) is 0.425. The van der Waals surface area contributed by atoms with Crippen molar-refractivity contribution in [3.63, 3.8) is 0 Å². The zero-order chi connectivity index (χ0) is 41.7. The number of Topliss-reactive ketones (excluding diaryl/α,β-unsaturated/α-hetero) is 2. The monoisotopic (exact) mass is 806 g/mol. The van der Waals surface area contributed by atoms with Gasteiger partial charge in [-0.25, -0.2) is 13.4 Å². The average molecular weight is 807 g/mol. The molecule has 0 aliphatic carbocycles. The normalized spacial score (nSPS) is 11.9. The number of nitrogens with one attached hydrogen (secondary N) is 4. The zero-order valence-corrected chi connectivity index (χ0v) is 33.4. The summed E-state index contributed by atoms with van der Waals surface area (Å²) in [5.41, 5.74) is 1.34. The number of H-pyrrole nitrogens is 1. The summed E-state index contributed by atoms with van der Waals surface area (Å²) >= 11 is 0. The van der Waals surface area contributed by atoms with Crippen molar-refractivity contribution in [1.82, 2.24) is 29.9 Å². The number of fused-ring (bicyclic) bond motifs is 1. The first-order valence-corrected chi connectivity index (χ1v) is 20.2. The van der Waals surface area contributed by atoms with Crippen molar-refractivity contribution in [2.24, 2.45) is 7.05 Å². The molecule has 0 radical (unpaired) electrons. The molecule has 2 heterocycles. The third kappa shape index (κ3) is 12.9. The van der Waals surface area contributed by atoms with Crippen LogP contribution < -0.4 is 25.5 Å². The van der Waals surface area contributed by atoms with E-state index in [2.05, 4.69) is 25.3 Å². The summed E-state index contributed by atoms with van der Waals surface area (Å²) in [6.07, 6.45) is 8.79. The van der Waals surface area contributed by atoms with Crippen LogP contribution in [-0.4, -0.2) is 83.1 Å². The van der Waals surface area contributed by atoms with Crippen LogP contribution in [0.4, 0.5) is 0 Å². The van der Waals surface area contributed by atoms with Gasteiger partial charge in [-0.3, -0.25) is 24.0 Å². The highest BCUT2D eigenvalue weighted by molar-refractivity contribution is 7.89. The van der Waals surface area contributed by atoms with E-state index in [4.69, 9.17) is 4.74 Å². The standard InChI is InChI=1S/C40H50N6O10S/c1-25-20-30(56-19-7-11-36(49)43-16-6-10-29(48)9-5-8-27(3)47)21-26(2)38(25)57(54,55)45-33(40(52)53)23-44-39(51)32-24-46(4)34-22-28(12-14-31(34)37(32)50)13-15-35-41-17-18-42-35/h12,14,17-18,20-22,24,33,45H,5-11,13,15-16,19,23H2,1-4H3,(H,41,42)(H,43,49)(H,44,51)(H,52,53)/t33-/m0/s1. The molecule has 2 aromatic carbocycles. The van der Waals surface area contributed by atoms with E-state index in [0.717, 1.165) is 11.4 Å². The summed E-state index contributed by atoms with van der Waals surface area (Å²) in [5, 5.41) is 15.3. The number of aryl methyl sites for hydroxylation is 5. The van der Waals surface area contributed by atoms with E-state index in [9.17, 15) is 42.3 Å². The second-order valence-corrected chi connectivity index (χ2v) is 15.6. The predicted octanol–water partition coefficient (Wildman–Crippen LogP) is 3.21. The number of nitrogens with zero attached hydrogens (tertiary/aromatic N) is 2. The van der Waals surface area contributed by atoms with Gasteiger partial charge in [0.05, 0.1) is 17.0 Å². The minimum absolute atomic E-state index is 0.0523. The van der Waals surface area contributed by atoms with Crippen LogP contribution in [0.15, 0.2) is 58.6 Å². The summed E-state index contributed by atoms with van der Waals surface area (Å²) in [5.74, 6) is -1.30. The summed E-state index contributed by atoms with van der Waals surface area (Å²) in [6.45, 7) is 4.43. The maximum absolute atomic E-state index is 13.5. The van der Waals surface area contributed by atoms with Crippen molar-refractivity contribution < 1.29 is 42.2 Å². The quantitative estimate of drug-likeness (QED) is 0.0683. The lowest BCUT2D eigenvalue weighted by Crippen LogP contribution is -2.49. The molecule has 57 heavy (non-hydrogen) atoms. The number of carbonyl (C=O) groups excluding carboxylic acids is 4. The van der Waals surface area contributed by atoms with Crippen LogP contribution in [0.1, 0.15) is 84.7 Å². The molecule has 0 unspecified atom stereocenters. The Labute approximate surface area is 330 Å². The highest BCUT2D eigenvalue weighted by atomic mass is 32.2. The van der Waals surface area contributed by atoms with Gasteiger partial charge in [-0.15, -0.1) is 0 Å². The molecule has 0 saturated carbocycles. The number of amides is 2. The summed E-state index contributed by atoms with van der Waals surface area (Å²) in [7, 11) is -2.74. The Morgan fingerprint density at radius 1 is 0.947 bits per heavy atom. The average Bonchev–Trinajstić information content (AvgIpc) is 3.67. The van der Waals surface area contributed by atoms with Gasteiger partial charge in [0.15, 0.2) is 0 Å². The minimum Gasteiger partial charge on any atom is -0.494 e. The van der Waals surface area contributed by atoms with E-state index in [0.29, 0.717) is 74.6 Å². The number of ketones is 2. The molecule has 1 atom stereocenters. The number of pyridine rings is 1. The van der Waals surface area contributed by atoms with Gasteiger partial charge in [0.1, 0.15) is 34.7 Å². The molecule has 0 fully saturated rings. The third-order valence-electron chi connectivity index (χ3n) is 9.22. The number of sulfonamides is 1. The molecule has 306 valence electrons. The third-order valence-corrected chi connectivity index (χ3v) is 11.0. The molecule has 4 aromatic rings. The SMILES string of the molecule is CC(=O)CCCC(=O)CCCNC(=O)CCCOc1cc(C)c(S(=O)(=O)N[C@@H](CNC(=O)c2cn(C)c3cc(CCc4ncc[nH]4)ccc3c2=O)C(=O)O)c(C)c1. The second-order valence-electron chi connectivity index (χ2n) is 14.0. The molecule has 0 spiro atoms. The maximum atomic E-state index is 13.5. The van der Waals surface area contributed by atoms with Crippen LogP contribution in [0.25, 0.3) is 10.9 Å². The number of carboxylic acid groups (broad SMARTS) is 1. The van der Waals surface area contributed by atoms with Crippen LogP contribution in [0.2, 0.25) is 0 Å². The van der Waals surface area contributed by atoms with Crippen LogP contribution in [0.3, 0.4) is 0 Å². The minimum atomic E-state index is -4.42. The molecule has 0 saturated heterocycles. The molecular weight excluding hydrogens is 757 g/mol. The van der Waals surface area contributed by atoms with Gasteiger partial charge in [-0.05, 0) is 87.4 Å². The molecule has 2 aromatic heterocycles. The summed E-state index contributed by atoms with van der Waals surface area (Å²) in [4.78, 5) is 80.8. The largest absolute Gasteiger partial charge is 0.494 e. The van der Waals surface area contributed by atoms with E-state index in [-0.39, 0.29) is 52.1 Å². The number of rotatable bonds is 23. The number of imidazole rings is 1. The van der Waals surface area contributed by atoms with Crippen molar-refractivity contribution in [2.45, 2.75) is 89.5 Å². The van der Waals surface area contributed by atoms with Crippen molar-refractivity contribution in [3.05, 3.63) is 87.2 Å². The Bertz CT molecular complexity index is 2240. The maximum Gasteiger partial charge on any atom is 0.323 e. The van der Waals surface area contributed by atoms with Gasteiger partial charge < -0.3 is 34.8 Å². The van der Waals surface area contributed by atoms with E-state index in [1.807, 2.05) is 6.07 Å². The predicted molar refractivity (Wildman–Crippen MR) is 212 cm³/mol. The molecule has 0 aliphatic rings. The van der Waals surface area contributed by atoms with Crippen LogP contribution in [-0.2, 0) is 49.1 Å². The number of benzene rings is 2. The number of aromatic nitrogens is 3. The summed E-state index contributed by atoms with van der Waals surface area (Å²) in [6, 6.07) is 6.51. The Hall–Kier alpha value is -5.68. The van der Waals surface area contributed by atoms with E-state index >= 15 is 0 Å².